The molecule has 0 aliphatic carbocycles. The Morgan fingerprint density at radius 3 is 2.66 bits per heavy atom. The van der Waals surface area contributed by atoms with Gasteiger partial charge in [-0.3, -0.25) is 14.6 Å². The van der Waals surface area contributed by atoms with Crippen LogP contribution in [0.3, 0.4) is 0 Å². The summed E-state index contributed by atoms with van der Waals surface area (Å²) in [6, 6.07) is 17.3. The lowest BCUT2D eigenvalue weighted by Gasteiger charge is -2.06. The number of carbonyl (C=O) groups is 2. The number of hydrogen-bond donors (Lipinski definition) is 2. The third kappa shape index (κ3) is 3.70. The van der Waals surface area contributed by atoms with E-state index in [0.717, 1.165) is 28.4 Å². The van der Waals surface area contributed by atoms with Gasteiger partial charge < -0.3 is 9.88 Å². The number of nitrogens with one attached hydrogen (secondary N) is 2. The molecule has 0 saturated carbocycles. The zero-order valence-electron chi connectivity index (χ0n) is 15.8. The molecule has 7 nitrogen and oxygen atoms in total. The molecular formula is C22H19N5O2. The number of aryl methyl sites for hydroxylation is 1. The first-order valence-corrected chi connectivity index (χ1v) is 9.23. The van der Waals surface area contributed by atoms with Gasteiger partial charge in [0.15, 0.2) is 0 Å². The number of benzene rings is 2. The predicted octanol–water partition coefficient (Wildman–Crippen LogP) is 3.30. The molecule has 2 N–H and O–H groups in total. The second-order valence-electron chi connectivity index (χ2n) is 6.43. The maximum Gasteiger partial charge on any atom is 0.329 e. The summed E-state index contributed by atoms with van der Waals surface area (Å²) in [5.41, 5.74) is 5.70. The highest BCUT2D eigenvalue weighted by atomic mass is 16.2. The highest BCUT2D eigenvalue weighted by Gasteiger charge is 2.15. The van der Waals surface area contributed by atoms with E-state index in [9.17, 15) is 9.59 Å². The van der Waals surface area contributed by atoms with Gasteiger partial charge in [0.05, 0.1) is 6.21 Å². The standard InChI is InChI=1S/C22H19N5O2/c1-2-27-19-8-4-3-7-17(19)18-12-16(9-10-20(18)27)25-21(28)22(29)26-24-14-15-6-5-11-23-13-15/h3-14H,2H2,1H3,(H,25,28)(H,26,29)/b24-14+. The van der Waals surface area contributed by atoms with Gasteiger partial charge in [0.1, 0.15) is 0 Å². The Morgan fingerprint density at radius 2 is 1.86 bits per heavy atom. The molecule has 0 spiro atoms. The van der Waals surface area contributed by atoms with E-state index >= 15 is 0 Å². The average molecular weight is 385 g/mol. The van der Waals surface area contributed by atoms with E-state index in [1.807, 2.05) is 24.3 Å². The number of pyridine rings is 1. The van der Waals surface area contributed by atoms with Crippen molar-refractivity contribution in [3.05, 3.63) is 72.6 Å². The summed E-state index contributed by atoms with van der Waals surface area (Å²) in [5.74, 6) is -1.63. The molecule has 0 aliphatic rings. The van der Waals surface area contributed by atoms with E-state index in [1.165, 1.54) is 6.21 Å². The summed E-state index contributed by atoms with van der Waals surface area (Å²) in [5, 5.41) is 8.53. The minimum atomic E-state index is -0.846. The van der Waals surface area contributed by atoms with E-state index < -0.39 is 11.8 Å². The Balaban J connectivity index is 1.51. The minimum absolute atomic E-state index is 0.549. The molecule has 4 rings (SSSR count). The smallest absolute Gasteiger partial charge is 0.329 e. The van der Waals surface area contributed by atoms with Gasteiger partial charge in [-0.1, -0.05) is 24.3 Å². The number of nitrogens with zero attached hydrogens (tertiary/aromatic N) is 3. The van der Waals surface area contributed by atoms with Gasteiger partial charge in [0.25, 0.3) is 0 Å². The molecule has 0 atom stereocenters. The minimum Gasteiger partial charge on any atom is -0.341 e. The first kappa shape index (κ1) is 18.4. The summed E-state index contributed by atoms with van der Waals surface area (Å²) in [4.78, 5) is 28.2. The number of para-hydroxylation sites is 1. The van der Waals surface area contributed by atoms with Crippen molar-refractivity contribution in [2.24, 2.45) is 5.10 Å². The Morgan fingerprint density at radius 1 is 1.03 bits per heavy atom. The second kappa shape index (κ2) is 7.93. The molecule has 2 amide bonds. The van der Waals surface area contributed by atoms with Crippen LogP contribution in [0.25, 0.3) is 21.8 Å². The fraction of sp³-hybridized carbons (Fsp3) is 0.0909. The zero-order chi connectivity index (χ0) is 20.2. The van der Waals surface area contributed by atoms with E-state index in [1.54, 1.807) is 30.6 Å². The number of aromatic nitrogens is 2. The highest BCUT2D eigenvalue weighted by Crippen LogP contribution is 2.30. The van der Waals surface area contributed by atoms with E-state index in [-0.39, 0.29) is 0 Å². The molecule has 0 radical (unpaired) electrons. The number of amides is 2. The fourth-order valence-electron chi connectivity index (χ4n) is 3.33. The van der Waals surface area contributed by atoms with Crippen molar-refractivity contribution in [2.45, 2.75) is 13.5 Å². The monoisotopic (exact) mass is 385 g/mol. The van der Waals surface area contributed by atoms with Gasteiger partial charge in [-0.25, -0.2) is 5.43 Å². The number of hydrazone groups is 1. The molecule has 0 fully saturated rings. The third-order valence-electron chi connectivity index (χ3n) is 4.62. The van der Waals surface area contributed by atoms with E-state index in [2.05, 4.69) is 44.5 Å². The van der Waals surface area contributed by atoms with Gasteiger partial charge in [0.2, 0.25) is 0 Å². The van der Waals surface area contributed by atoms with Crippen molar-refractivity contribution in [1.82, 2.24) is 15.0 Å². The average Bonchev–Trinajstić information content (AvgIpc) is 3.07. The van der Waals surface area contributed by atoms with Crippen LogP contribution in [0, 0.1) is 0 Å². The SMILES string of the molecule is CCn1c2ccccc2c2cc(NC(=O)C(=O)N/N=C/c3cccnc3)ccc21. The van der Waals surface area contributed by atoms with Crippen molar-refractivity contribution in [3.8, 4) is 0 Å². The van der Waals surface area contributed by atoms with Crippen LogP contribution in [0.1, 0.15) is 12.5 Å². The summed E-state index contributed by atoms with van der Waals surface area (Å²) < 4.78 is 2.22. The van der Waals surface area contributed by atoms with Crippen LogP contribution in [-0.2, 0) is 16.1 Å². The van der Waals surface area contributed by atoms with Gasteiger partial charge in [-0.05, 0) is 37.3 Å². The molecule has 144 valence electrons. The number of fused-ring (bicyclic) bond motifs is 3. The van der Waals surface area contributed by atoms with Gasteiger partial charge in [-0.15, -0.1) is 0 Å². The van der Waals surface area contributed by atoms with Crippen LogP contribution in [0.15, 0.2) is 72.1 Å². The fourth-order valence-corrected chi connectivity index (χ4v) is 3.33. The third-order valence-corrected chi connectivity index (χ3v) is 4.62. The van der Waals surface area contributed by atoms with E-state index in [0.29, 0.717) is 11.3 Å². The van der Waals surface area contributed by atoms with Crippen LogP contribution < -0.4 is 10.7 Å². The van der Waals surface area contributed by atoms with Crippen molar-refractivity contribution < 1.29 is 9.59 Å². The molecule has 0 bridgehead atoms. The summed E-state index contributed by atoms with van der Waals surface area (Å²) in [6.07, 6.45) is 4.65. The maximum absolute atomic E-state index is 12.2. The summed E-state index contributed by atoms with van der Waals surface area (Å²) >= 11 is 0. The van der Waals surface area contributed by atoms with Crippen LogP contribution >= 0.6 is 0 Å². The number of carbonyl (C=O) groups excluding carboxylic acids is 2. The second-order valence-corrected chi connectivity index (χ2v) is 6.43. The predicted molar refractivity (Wildman–Crippen MR) is 114 cm³/mol. The number of hydrogen-bond acceptors (Lipinski definition) is 4. The Kier molecular flexibility index (Phi) is 5.03. The lowest BCUT2D eigenvalue weighted by atomic mass is 10.1. The number of anilines is 1. The van der Waals surface area contributed by atoms with Crippen LogP contribution in [0.4, 0.5) is 5.69 Å². The molecule has 0 saturated heterocycles. The van der Waals surface area contributed by atoms with Crippen molar-refractivity contribution in [2.75, 3.05) is 5.32 Å². The first-order valence-electron chi connectivity index (χ1n) is 9.23. The summed E-state index contributed by atoms with van der Waals surface area (Å²) in [6.45, 7) is 2.94. The van der Waals surface area contributed by atoms with Crippen LogP contribution in [-0.4, -0.2) is 27.6 Å². The maximum atomic E-state index is 12.2. The molecule has 2 aromatic carbocycles. The molecule has 29 heavy (non-hydrogen) atoms. The van der Waals surface area contributed by atoms with Crippen LogP contribution in [0.5, 0.6) is 0 Å². The Labute approximate surface area is 167 Å². The van der Waals surface area contributed by atoms with Crippen molar-refractivity contribution >= 4 is 45.5 Å². The van der Waals surface area contributed by atoms with Gasteiger partial charge in [0, 0.05) is 52.0 Å². The normalized spacial score (nSPS) is 11.2. The number of rotatable bonds is 4. The zero-order valence-corrected chi connectivity index (χ0v) is 15.8. The molecule has 7 heteroatoms. The molecule has 4 aromatic rings. The van der Waals surface area contributed by atoms with Crippen LogP contribution in [0.2, 0.25) is 0 Å². The van der Waals surface area contributed by atoms with Gasteiger partial charge in [-0.2, -0.15) is 5.10 Å². The Bertz CT molecular complexity index is 1230. The molecular weight excluding hydrogens is 366 g/mol. The van der Waals surface area contributed by atoms with Crippen molar-refractivity contribution in [1.29, 1.82) is 0 Å². The van der Waals surface area contributed by atoms with Crippen molar-refractivity contribution in [3.63, 3.8) is 0 Å². The largest absolute Gasteiger partial charge is 0.341 e. The molecule has 0 aliphatic heterocycles. The highest BCUT2D eigenvalue weighted by molar-refractivity contribution is 6.39. The summed E-state index contributed by atoms with van der Waals surface area (Å²) in [7, 11) is 0. The topological polar surface area (TPSA) is 88.4 Å². The Hall–Kier alpha value is -4.00. The lowest BCUT2D eigenvalue weighted by molar-refractivity contribution is -0.136. The molecule has 0 unspecified atom stereocenters. The molecule has 2 aromatic heterocycles. The quantitative estimate of drug-likeness (QED) is 0.321. The first-order chi connectivity index (χ1) is 14.2. The van der Waals surface area contributed by atoms with E-state index in [4.69, 9.17) is 0 Å². The molecule has 2 heterocycles. The van der Waals surface area contributed by atoms with Gasteiger partial charge >= 0.3 is 11.8 Å². The lowest BCUT2D eigenvalue weighted by Crippen LogP contribution is -2.32.